The van der Waals surface area contributed by atoms with Crippen LogP contribution in [0.2, 0.25) is 0 Å². The van der Waals surface area contributed by atoms with Crippen molar-refractivity contribution in [2.45, 2.75) is 0 Å². The highest BCUT2D eigenvalue weighted by Crippen LogP contribution is 2.30. The maximum absolute atomic E-state index is 11.5. The van der Waals surface area contributed by atoms with E-state index in [1.807, 2.05) is 42.5 Å². The van der Waals surface area contributed by atoms with Crippen LogP contribution in [-0.2, 0) is 4.79 Å². The Balaban J connectivity index is 2.23. The molecule has 0 saturated carbocycles. The number of carbonyl (C=O) groups is 1. The van der Waals surface area contributed by atoms with Crippen molar-refractivity contribution < 1.29 is 4.79 Å². The van der Waals surface area contributed by atoms with Crippen LogP contribution in [0.3, 0.4) is 0 Å². The second-order valence-electron chi connectivity index (χ2n) is 4.75. The second kappa shape index (κ2) is 5.94. The van der Waals surface area contributed by atoms with E-state index in [4.69, 9.17) is 11.6 Å². The third-order valence-electron chi connectivity index (χ3n) is 3.35. The lowest BCUT2D eigenvalue weighted by Crippen LogP contribution is -2.00. The molecule has 0 heterocycles. The molecule has 0 aromatic heterocycles. The summed E-state index contributed by atoms with van der Waals surface area (Å²) >= 11 is 6.01. The summed E-state index contributed by atoms with van der Waals surface area (Å²) in [6, 6.07) is 20.2. The van der Waals surface area contributed by atoms with Crippen LogP contribution in [0.1, 0.15) is 11.1 Å². The first kappa shape index (κ1) is 13.6. The highest BCUT2D eigenvalue weighted by atomic mass is 35.5. The molecule has 0 bridgehead atoms. The minimum absolute atomic E-state index is 0.152. The largest absolute Gasteiger partial charge is 0.288 e. The topological polar surface area (TPSA) is 17.1 Å². The Hall–Kier alpha value is -2.38. The molecule has 2 heteroatoms. The number of ketones is 1. The maximum atomic E-state index is 11.5. The molecule has 0 atom stereocenters. The lowest BCUT2D eigenvalue weighted by molar-refractivity contribution is -0.110. The number of carbonyl (C=O) groups excluding carboxylic acids is 1. The van der Waals surface area contributed by atoms with Gasteiger partial charge in [0.25, 0.3) is 0 Å². The van der Waals surface area contributed by atoms with E-state index >= 15 is 0 Å². The molecule has 0 saturated heterocycles. The van der Waals surface area contributed by atoms with Crippen LogP contribution in [0.15, 0.2) is 89.5 Å². The Morgan fingerprint density at radius 3 is 1.76 bits per heavy atom. The van der Waals surface area contributed by atoms with Crippen LogP contribution < -0.4 is 0 Å². The molecule has 1 aliphatic rings. The van der Waals surface area contributed by atoms with Crippen molar-refractivity contribution in [3.8, 4) is 0 Å². The SMILES string of the molecule is O=C1C=CC(=C(c2ccccc2)c2ccccc2)C=C1Cl. The molecule has 1 aliphatic carbocycles. The lowest BCUT2D eigenvalue weighted by Gasteiger charge is -2.14. The molecule has 0 spiro atoms. The third-order valence-corrected chi connectivity index (χ3v) is 3.64. The first-order valence-electron chi connectivity index (χ1n) is 6.70. The summed E-state index contributed by atoms with van der Waals surface area (Å²) in [5.41, 5.74) is 4.20. The molecular weight excluding hydrogens is 280 g/mol. The van der Waals surface area contributed by atoms with Crippen LogP contribution in [0, 0.1) is 0 Å². The van der Waals surface area contributed by atoms with Gasteiger partial charge in [-0.2, -0.15) is 0 Å². The van der Waals surface area contributed by atoms with E-state index in [2.05, 4.69) is 24.3 Å². The zero-order valence-corrected chi connectivity index (χ0v) is 12.0. The predicted octanol–water partition coefficient (Wildman–Crippen LogP) is 4.75. The van der Waals surface area contributed by atoms with E-state index in [1.54, 1.807) is 6.08 Å². The Morgan fingerprint density at radius 2 is 1.29 bits per heavy atom. The van der Waals surface area contributed by atoms with Gasteiger partial charge in [-0.05, 0) is 34.4 Å². The van der Waals surface area contributed by atoms with E-state index in [9.17, 15) is 4.79 Å². The number of hydrogen-bond donors (Lipinski definition) is 0. The molecule has 102 valence electrons. The van der Waals surface area contributed by atoms with Crippen molar-refractivity contribution in [1.82, 2.24) is 0 Å². The Morgan fingerprint density at radius 1 is 0.762 bits per heavy atom. The quantitative estimate of drug-likeness (QED) is 0.780. The molecule has 21 heavy (non-hydrogen) atoms. The fraction of sp³-hybridized carbons (Fsp3) is 0. The molecule has 2 aromatic rings. The zero-order chi connectivity index (χ0) is 14.7. The third kappa shape index (κ3) is 2.88. The van der Waals surface area contributed by atoms with Crippen LogP contribution in [0.25, 0.3) is 5.57 Å². The first-order valence-corrected chi connectivity index (χ1v) is 7.08. The van der Waals surface area contributed by atoms with Crippen molar-refractivity contribution >= 4 is 23.0 Å². The van der Waals surface area contributed by atoms with Crippen LogP contribution in [0.5, 0.6) is 0 Å². The van der Waals surface area contributed by atoms with Gasteiger partial charge in [-0.3, -0.25) is 4.79 Å². The molecule has 0 N–H and O–H groups in total. The first-order chi connectivity index (χ1) is 10.3. The minimum Gasteiger partial charge on any atom is -0.288 e. The molecule has 0 aliphatic heterocycles. The molecule has 3 rings (SSSR count). The fourth-order valence-electron chi connectivity index (χ4n) is 2.37. The average Bonchev–Trinajstić information content (AvgIpc) is 2.53. The van der Waals surface area contributed by atoms with Gasteiger partial charge in [0.2, 0.25) is 0 Å². The summed E-state index contributed by atoms with van der Waals surface area (Å²) in [6.45, 7) is 0. The van der Waals surface area contributed by atoms with Crippen LogP contribution in [0.4, 0.5) is 0 Å². The fourth-order valence-corrected chi connectivity index (χ4v) is 2.55. The molecular formula is C19H13ClO. The van der Waals surface area contributed by atoms with Gasteiger partial charge in [0.05, 0.1) is 5.03 Å². The minimum atomic E-state index is -0.152. The summed E-state index contributed by atoms with van der Waals surface area (Å²) < 4.78 is 0. The van der Waals surface area contributed by atoms with Gasteiger partial charge >= 0.3 is 0 Å². The summed E-state index contributed by atoms with van der Waals surface area (Å²) in [7, 11) is 0. The summed E-state index contributed by atoms with van der Waals surface area (Å²) in [5.74, 6) is -0.152. The molecule has 2 aromatic carbocycles. The van der Waals surface area contributed by atoms with Crippen molar-refractivity contribution in [2.75, 3.05) is 0 Å². The van der Waals surface area contributed by atoms with Crippen LogP contribution in [-0.4, -0.2) is 5.78 Å². The molecule has 0 amide bonds. The molecule has 0 unspecified atom stereocenters. The number of halogens is 1. The smallest absolute Gasteiger partial charge is 0.197 e. The van der Waals surface area contributed by atoms with Crippen LogP contribution >= 0.6 is 11.6 Å². The maximum Gasteiger partial charge on any atom is 0.197 e. The van der Waals surface area contributed by atoms with Crippen molar-refractivity contribution in [1.29, 1.82) is 0 Å². The normalized spacial score (nSPS) is 14.0. The Bertz CT molecular complexity index is 711. The number of hydrogen-bond acceptors (Lipinski definition) is 1. The van der Waals surface area contributed by atoms with Gasteiger partial charge in [-0.25, -0.2) is 0 Å². The monoisotopic (exact) mass is 292 g/mol. The van der Waals surface area contributed by atoms with Gasteiger partial charge in [0, 0.05) is 0 Å². The number of allylic oxidation sites excluding steroid dienone is 5. The van der Waals surface area contributed by atoms with E-state index in [0.717, 1.165) is 22.3 Å². The number of rotatable bonds is 2. The van der Waals surface area contributed by atoms with Gasteiger partial charge in [-0.1, -0.05) is 78.3 Å². The van der Waals surface area contributed by atoms with Gasteiger partial charge in [0.15, 0.2) is 5.78 Å². The van der Waals surface area contributed by atoms with Gasteiger partial charge in [0.1, 0.15) is 0 Å². The zero-order valence-electron chi connectivity index (χ0n) is 11.3. The Kier molecular flexibility index (Phi) is 3.85. The molecule has 1 nitrogen and oxygen atoms in total. The average molecular weight is 293 g/mol. The van der Waals surface area contributed by atoms with E-state index in [0.29, 0.717) is 0 Å². The van der Waals surface area contributed by atoms with Crippen molar-refractivity contribution in [3.63, 3.8) is 0 Å². The van der Waals surface area contributed by atoms with Crippen molar-refractivity contribution in [3.05, 3.63) is 101 Å². The van der Waals surface area contributed by atoms with Gasteiger partial charge in [-0.15, -0.1) is 0 Å². The highest BCUT2D eigenvalue weighted by Gasteiger charge is 2.14. The molecule has 0 fully saturated rings. The van der Waals surface area contributed by atoms with Gasteiger partial charge < -0.3 is 0 Å². The van der Waals surface area contributed by atoms with E-state index in [-0.39, 0.29) is 10.8 Å². The predicted molar refractivity (Wildman–Crippen MR) is 87.0 cm³/mol. The lowest BCUT2D eigenvalue weighted by atomic mass is 9.91. The standard InChI is InChI=1S/C19H13ClO/c20-17-13-16(11-12-18(17)21)19(14-7-3-1-4-8-14)15-9-5-2-6-10-15/h1-13H. The Labute approximate surface area is 128 Å². The molecule has 0 radical (unpaired) electrons. The van der Waals surface area contributed by atoms with E-state index < -0.39 is 0 Å². The van der Waals surface area contributed by atoms with Crippen molar-refractivity contribution in [2.24, 2.45) is 0 Å². The highest BCUT2D eigenvalue weighted by molar-refractivity contribution is 6.45. The van der Waals surface area contributed by atoms with E-state index in [1.165, 1.54) is 6.08 Å². The summed E-state index contributed by atoms with van der Waals surface area (Å²) in [4.78, 5) is 11.5. The second-order valence-corrected chi connectivity index (χ2v) is 5.16. The number of benzene rings is 2. The summed E-state index contributed by atoms with van der Waals surface area (Å²) in [5, 5.41) is 0.247. The summed E-state index contributed by atoms with van der Waals surface area (Å²) in [6.07, 6.45) is 5.08.